The highest BCUT2D eigenvalue weighted by molar-refractivity contribution is 7.90. The highest BCUT2D eigenvalue weighted by Crippen LogP contribution is 2.54. The molecule has 0 fully saturated rings. The van der Waals surface area contributed by atoms with Crippen LogP contribution in [0.4, 0.5) is 39.5 Å². The summed E-state index contributed by atoms with van der Waals surface area (Å²) in [6.07, 6.45) is -7.07. The summed E-state index contributed by atoms with van der Waals surface area (Å²) in [6.45, 7) is 0. The first-order chi connectivity index (χ1) is 11.6. The fourth-order valence-electron chi connectivity index (χ4n) is 2.47. The van der Waals surface area contributed by atoms with Crippen LogP contribution in [-0.2, 0) is 16.4 Å². The van der Waals surface area contributed by atoms with E-state index in [1.807, 2.05) is 0 Å². The van der Waals surface area contributed by atoms with E-state index in [4.69, 9.17) is 0 Å². The molecule has 0 aliphatic heterocycles. The Bertz CT molecular complexity index is 789. The zero-order chi connectivity index (χ0) is 20.2. The van der Waals surface area contributed by atoms with E-state index in [9.17, 15) is 47.9 Å². The molecule has 3 nitrogen and oxygen atoms in total. The van der Waals surface area contributed by atoms with E-state index in [-0.39, 0.29) is 18.4 Å². The van der Waals surface area contributed by atoms with Crippen molar-refractivity contribution in [2.24, 2.45) is 0 Å². The molecule has 1 aliphatic rings. The number of hydrogen-bond donors (Lipinski definition) is 1. The number of rotatable bonds is 5. The summed E-state index contributed by atoms with van der Waals surface area (Å²) in [7, 11) is -6.60. The summed E-state index contributed by atoms with van der Waals surface area (Å²) in [5.74, 6) is -14.5. The van der Waals surface area contributed by atoms with Crippen LogP contribution in [0.1, 0.15) is 23.6 Å². The first-order valence-electron chi connectivity index (χ1n) is 6.86. The van der Waals surface area contributed by atoms with E-state index < -0.39 is 39.3 Å². The molecule has 1 N–H and O–H groups in total. The molecular weight excluding hydrogens is 405 g/mol. The fourth-order valence-corrected chi connectivity index (χ4v) is 3.70. The second-order valence-electron chi connectivity index (χ2n) is 5.57. The Balaban J connectivity index is 2.39. The molecule has 0 bridgehead atoms. The summed E-state index contributed by atoms with van der Waals surface area (Å²) in [5, 5.41) is -6.73. The van der Waals surface area contributed by atoms with Gasteiger partial charge in [0.25, 0.3) is 10.0 Å². The zero-order valence-corrected chi connectivity index (χ0v) is 13.2. The van der Waals surface area contributed by atoms with Crippen LogP contribution in [0, 0.1) is 0 Å². The highest BCUT2D eigenvalue weighted by atomic mass is 32.2. The number of sulfonamides is 1. The highest BCUT2D eigenvalue weighted by Gasteiger charge is 2.85. The second-order valence-corrected chi connectivity index (χ2v) is 7.33. The third-order valence-corrected chi connectivity index (χ3v) is 5.41. The Morgan fingerprint density at radius 1 is 0.885 bits per heavy atom. The van der Waals surface area contributed by atoms with E-state index in [2.05, 4.69) is 0 Å². The van der Waals surface area contributed by atoms with E-state index in [1.165, 1.54) is 24.3 Å². The molecule has 0 aromatic heterocycles. The Morgan fingerprint density at radius 2 is 1.42 bits per heavy atom. The summed E-state index contributed by atoms with van der Waals surface area (Å²) in [5.41, 5.74) is 0.633. The van der Waals surface area contributed by atoms with Crippen molar-refractivity contribution in [1.82, 2.24) is 4.72 Å². The fraction of sp³-hybridized carbons (Fsp3) is 0.538. The van der Waals surface area contributed by atoms with Crippen molar-refractivity contribution in [2.75, 3.05) is 0 Å². The van der Waals surface area contributed by atoms with E-state index in [1.54, 1.807) is 0 Å². The van der Waals surface area contributed by atoms with Crippen LogP contribution in [0.3, 0.4) is 0 Å². The Morgan fingerprint density at radius 3 is 1.96 bits per heavy atom. The van der Waals surface area contributed by atoms with Gasteiger partial charge >= 0.3 is 23.3 Å². The number of benzene rings is 1. The van der Waals surface area contributed by atoms with Gasteiger partial charge in [-0.05, 0) is 24.0 Å². The van der Waals surface area contributed by atoms with E-state index >= 15 is 0 Å². The lowest BCUT2D eigenvalue weighted by atomic mass is 10.1. The van der Waals surface area contributed by atoms with Crippen LogP contribution in [0.15, 0.2) is 24.3 Å². The summed E-state index contributed by atoms with van der Waals surface area (Å²) < 4.78 is 140. The molecule has 1 aromatic rings. The third-order valence-electron chi connectivity index (χ3n) is 3.88. The van der Waals surface area contributed by atoms with Crippen molar-refractivity contribution < 1.29 is 47.9 Å². The molecular formula is C13H10F9NO2S. The minimum Gasteiger partial charge on any atom is -0.206 e. The van der Waals surface area contributed by atoms with Gasteiger partial charge in [-0.3, -0.25) is 0 Å². The minimum absolute atomic E-state index is 0.137. The molecule has 1 atom stereocenters. The van der Waals surface area contributed by atoms with Crippen molar-refractivity contribution in [1.29, 1.82) is 0 Å². The van der Waals surface area contributed by atoms with Crippen LogP contribution >= 0.6 is 0 Å². The molecule has 1 unspecified atom stereocenters. The van der Waals surface area contributed by atoms with Crippen LogP contribution < -0.4 is 4.72 Å². The molecule has 26 heavy (non-hydrogen) atoms. The maximum Gasteiger partial charge on any atom is 0.460 e. The largest absolute Gasteiger partial charge is 0.460 e. The van der Waals surface area contributed by atoms with Crippen LogP contribution in [0.5, 0.6) is 0 Å². The standard InChI is InChI=1S/C13H10F9NO2S/c14-10(15,12(18,19)20)11(16,17)13(21,22)26(24,25)23-9-6-5-7-3-1-2-4-8(7)9/h1-4,9,23H,5-6H2. The second kappa shape index (κ2) is 6.01. The van der Waals surface area contributed by atoms with Crippen molar-refractivity contribution in [2.45, 2.75) is 42.2 Å². The van der Waals surface area contributed by atoms with Gasteiger partial charge in [0.05, 0.1) is 0 Å². The number of alkyl halides is 9. The lowest BCUT2D eigenvalue weighted by molar-refractivity contribution is -0.382. The molecule has 0 amide bonds. The van der Waals surface area contributed by atoms with Gasteiger partial charge in [0.1, 0.15) is 0 Å². The van der Waals surface area contributed by atoms with Crippen molar-refractivity contribution >= 4 is 10.0 Å². The Kier molecular flexibility index (Phi) is 4.81. The SMILES string of the molecule is O=S(=O)(NC1CCc2ccccc21)C(F)(F)C(F)(F)C(F)(F)C(F)(F)F. The predicted molar refractivity (Wildman–Crippen MR) is 70.5 cm³/mol. The van der Waals surface area contributed by atoms with Gasteiger partial charge in [0, 0.05) is 6.04 Å². The zero-order valence-electron chi connectivity index (χ0n) is 12.4. The van der Waals surface area contributed by atoms with Gasteiger partial charge < -0.3 is 0 Å². The number of halogens is 9. The van der Waals surface area contributed by atoms with Crippen LogP contribution in [-0.4, -0.2) is 31.7 Å². The molecule has 1 aliphatic carbocycles. The maximum absolute atomic E-state index is 13.7. The molecule has 148 valence electrons. The number of hydrogen-bond acceptors (Lipinski definition) is 2. The van der Waals surface area contributed by atoms with Crippen molar-refractivity contribution in [3.05, 3.63) is 35.4 Å². The number of fused-ring (bicyclic) bond motifs is 1. The molecule has 0 radical (unpaired) electrons. The van der Waals surface area contributed by atoms with Gasteiger partial charge in [-0.2, -0.15) is 39.5 Å². The lowest BCUT2D eigenvalue weighted by Gasteiger charge is -2.33. The van der Waals surface area contributed by atoms with Crippen molar-refractivity contribution in [3.63, 3.8) is 0 Å². The van der Waals surface area contributed by atoms with Crippen LogP contribution in [0.25, 0.3) is 0 Å². The first-order valence-corrected chi connectivity index (χ1v) is 8.34. The Hall–Kier alpha value is -1.50. The molecule has 0 saturated heterocycles. The van der Waals surface area contributed by atoms with Gasteiger partial charge in [-0.25, -0.2) is 13.1 Å². The molecule has 0 spiro atoms. The first kappa shape index (κ1) is 20.8. The average molecular weight is 415 g/mol. The molecule has 2 rings (SSSR count). The predicted octanol–water partition coefficient (Wildman–Crippen LogP) is 4.02. The van der Waals surface area contributed by atoms with Gasteiger partial charge in [-0.15, -0.1) is 0 Å². The summed E-state index contributed by atoms with van der Waals surface area (Å²) in [6, 6.07) is 4.24. The van der Waals surface area contributed by atoms with Crippen LogP contribution in [0.2, 0.25) is 0 Å². The topological polar surface area (TPSA) is 46.2 Å². The quantitative estimate of drug-likeness (QED) is 0.739. The summed E-state index contributed by atoms with van der Waals surface area (Å²) >= 11 is 0. The van der Waals surface area contributed by atoms with Crippen molar-refractivity contribution in [3.8, 4) is 0 Å². The normalized spacial score (nSPS) is 19.5. The lowest BCUT2D eigenvalue weighted by Crippen LogP contribution is -2.65. The Labute approximate surface area is 141 Å². The molecule has 0 saturated carbocycles. The van der Waals surface area contributed by atoms with Gasteiger partial charge in [-0.1, -0.05) is 24.3 Å². The van der Waals surface area contributed by atoms with Gasteiger partial charge in [0.2, 0.25) is 0 Å². The maximum atomic E-state index is 13.7. The number of nitrogens with one attached hydrogen (secondary N) is 1. The van der Waals surface area contributed by atoms with E-state index in [0.29, 0.717) is 5.56 Å². The average Bonchev–Trinajstić information content (AvgIpc) is 2.88. The monoisotopic (exact) mass is 415 g/mol. The smallest absolute Gasteiger partial charge is 0.206 e. The minimum atomic E-state index is -7.27. The third kappa shape index (κ3) is 2.94. The molecule has 1 aromatic carbocycles. The molecule has 0 heterocycles. The van der Waals surface area contributed by atoms with Gasteiger partial charge in [0.15, 0.2) is 0 Å². The van der Waals surface area contributed by atoms with E-state index in [0.717, 1.165) is 4.72 Å². The number of aryl methyl sites for hydroxylation is 1. The molecule has 13 heteroatoms. The summed E-state index contributed by atoms with van der Waals surface area (Å²) in [4.78, 5) is 0.